The van der Waals surface area contributed by atoms with Crippen molar-refractivity contribution in [1.82, 2.24) is 0 Å². The molecule has 1 heterocycles. The number of aromatic hydroxyl groups is 1. The molecule has 0 amide bonds. The van der Waals surface area contributed by atoms with E-state index in [0.717, 1.165) is 5.56 Å². The van der Waals surface area contributed by atoms with Crippen LogP contribution in [0.15, 0.2) is 42.5 Å². The Balaban J connectivity index is 1.99. The van der Waals surface area contributed by atoms with Crippen LogP contribution in [0.5, 0.6) is 23.0 Å². The van der Waals surface area contributed by atoms with E-state index in [1.54, 1.807) is 36.4 Å². The van der Waals surface area contributed by atoms with E-state index < -0.39 is 18.2 Å². The maximum Gasteiger partial charge on any atom is 0.349 e. The molecule has 0 saturated heterocycles. The zero-order valence-electron chi connectivity index (χ0n) is 14.0. The number of aliphatic carboxylic acids is 1. The largest absolute Gasteiger partial charge is 0.504 e. The number of methoxy groups -OCH3 is 1. The van der Waals surface area contributed by atoms with Crippen LogP contribution in [0.3, 0.4) is 0 Å². The first kappa shape index (κ1) is 17.6. The molecular formula is C19H18O7. The monoisotopic (exact) mass is 358 g/mol. The lowest BCUT2D eigenvalue weighted by molar-refractivity contribution is -0.151. The molecule has 1 aliphatic heterocycles. The van der Waals surface area contributed by atoms with Gasteiger partial charge in [-0.1, -0.05) is 24.3 Å². The van der Waals surface area contributed by atoms with Crippen LogP contribution in [0.4, 0.5) is 0 Å². The molecule has 3 rings (SSSR count). The molecule has 26 heavy (non-hydrogen) atoms. The number of carboxylic acids is 1. The number of aliphatic hydroxyl groups excluding tert-OH is 1. The molecule has 7 nitrogen and oxygen atoms in total. The van der Waals surface area contributed by atoms with Gasteiger partial charge in [0.2, 0.25) is 6.10 Å². The Bertz CT molecular complexity index is 844. The van der Waals surface area contributed by atoms with E-state index in [1.165, 1.54) is 19.2 Å². The van der Waals surface area contributed by atoms with Crippen molar-refractivity contribution in [3.63, 3.8) is 0 Å². The summed E-state index contributed by atoms with van der Waals surface area (Å²) in [6.45, 7) is -0.0918. The molecule has 0 aromatic heterocycles. The Labute approximate surface area is 149 Å². The second kappa shape index (κ2) is 7.37. The molecule has 0 bridgehead atoms. The number of aliphatic hydroxyl groups is 1. The van der Waals surface area contributed by atoms with Crippen molar-refractivity contribution >= 4 is 12.0 Å². The highest BCUT2D eigenvalue weighted by Gasteiger charge is 2.38. The summed E-state index contributed by atoms with van der Waals surface area (Å²) in [4.78, 5) is 11.7. The summed E-state index contributed by atoms with van der Waals surface area (Å²) in [5.41, 5.74) is 1.27. The van der Waals surface area contributed by atoms with Crippen LogP contribution in [-0.4, -0.2) is 41.1 Å². The smallest absolute Gasteiger partial charge is 0.349 e. The fraction of sp³-hybridized carbons (Fsp3) is 0.211. The SMILES string of the molecule is COc1cc([C@@H]2Oc3cc(C=CCO)ccc3O[C@H]2C(=O)O)ccc1O. The summed E-state index contributed by atoms with van der Waals surface area (Å²) in [6.07, 6.45) is 1.11. The number of hydrogen-bond acceptors (Lipinski definition) is 6. The lowest BCUT2D eigenvalue weighted by Crippen LogP contribution is -2.39. The predicted molar refractivity (Wildman–Crippen MR) is 92.6 cm³/mol. The summed E-state index contributed by atoms with van der Waals surface area (Å²) in [6, 6.07) is 9.53. The van der Waals surface area contributed by atoms with Gasteiger partial charge < -0.3 is 29.5 Å². The number of phenolic OH excluding ortho intramolecular Hbond substituents is 1. The van der Waals surface area contributed by atoms with Gasteiger partial charge in [0.05, 0.1) is 13.7 Å². The van der Waals surface area contributed by atoms with Crippen molar-refractivity contribution in [2.24, 2.45) is 0 Å². The van der Waals surface area contributed by atoms with E-state index in [1.807, 2.05) is 0 Å². The number of rotatable bonds is 5. The van der Waals surface area contributed by atoms with E-state index in [9.17, 15) is 15.0 Å². The second-order valence-corrected chi connectivity index (χ2v) is 5.64. The number of fused-ring (bicyclic) bond motifs is 1. The molecule has 2 atom stereocenters. The van der Waals surface area contributed by atoms with Gasteiger partial charge in [0.15, 0.2) is 29.1 Å². The number of carboxylic acid groups (broad SMARTS) is 1. The summed E-state index contributed by atoms with van der Waals surface area (Å²) < 4.78 is 16.6. The van der Waals surface area contributed by atoms with Crippen LogP contribution in [0.25, 0.3) is 6.08 Å². The first-order valence-electron chi connectivity index (χ1n) is 7.88. The maximum absolute atomic E-state index is 11.7. The molecule has 2 aromatic rings. The molecule has 0 radical (unpaired) electrons. The highest BCUT2D eigenvalue weighted by Crippen LogP contribution is 2.41. The Morgan fingerprint density at radius 2 is 2.00 bits per heavy atom. The highest BCUT2D eigenvalue weighted by molar-refractivity contribution is 5.75. The minimum absolute atomic E-state index is 0.0586. The van der Waals surface area contributed by atoms with E-state index in [4.69, 9.17) is 19.3 Å². The fourth-order valence-electron chi connectivity index (χ4n) is 2.70. The number of phenols is 1. The van der Waals surface area contributed by atoms with E-state index in [0.29, 0.717) is 17.1 Å². The van der Waals surface area contributed by atoms with Crippen molar-refractivity contribution in [1.29, 1.82) is 0 Å². The topological polar surface area (TPSA) is 105 Å². The first-order chi connectivity index (χ1) is 12.5. The van der Waals surface area contributed by atoms with Gasteiger partial charge in [0.1, 0.15) is 0 Å². The molecule has 0 aliphatic carbocycles. The van der Waals surface area contributed by atoms with Crippen molar-refractivity contribution in [2.75, 3.05) is 13.7 Å². The third-order valence-electron chi connectivity index (χ3n) is 3.94. The molecular weight excluding hydrogens is 340 g/mol. The quantitative estimate of drug-likeness (QED) is 0.753. The minimum atomic E-state index is -1.25. The lowest BCUT2D eigenvalue weighted by Gasteiger charge is -2.32. The third-order valence-corrected chi connectivity index (χ3v) is 3.94. The van der Waals surface area contributed by atoms with E-state index in [2.05, 4.69) is 0 Å². The van der Waals surface area contributed by atoms with Crippen molar-refractivity contribution in [2.45, 2.75) is 12.2 Å². The standard InChI is InChI=1S/C19H18O7/c1-24-15-10-12(5-6-13(15)21)17-18(19(22)23)25-14-7-4-11(3-2-8-20)9-16(14)26-17/h2-7,9-10,17-18,20-21H,8H2,1H3,(H,22,23)/t17-,18+/m0/s1. The molecule has 0 saturated carbocycles. The summed E-state index contributed by atoms with van der Waals surface area (Å²) in [7, 11) is 1.40. The van der Waals surface area contributed by atoms with E-state index >= 15 is 0 Å². The summed E-state index contributed by atoms with van der Waals surface area (Å²) >= 11 is 0. The zero-order chi connectivity index (χ0) is 18.7. The molecule has 0 unspecified atom stereocenters. The highest BCUT2D eigenvalue weighted by atomic mass is 16.6. The molecule has 136 valence electrons. The average Bonchev–Trinajstić information content (AvgIpc) is 2.65. The molecule has 7 heteroatoms. The third kappa shape index (κ3) is 3.43. The van der Waals surface area contributed by atoms with Crippen LogP contribution < -0.4 is 14.2 Å². The van der Waals surface area contributed by atoms with Crippen molar-refractivity contribution in [3.05, 3.63) is 53.6 Å². The van der Waals surface area contributed by atoms with Crippen LogP contribution in [0.1, 0.15) is 17.2 Å². The van der Waals surface area contributed by atoms with Crippen LogP contribution >= 0.6 is 0 Å². The molecule has 2 aromatic carbocycles. The first-order valence-corrected chi connectivity index (χ1v) is 7.88. The van der Waals surface area contributed by atoms with Gasteiger partial charge in [-0.2, -0.15) is 0 Å². The number of ether oxygens (including phenoxy) is 3. The Kier molecular flexibility index (Phi) is 4.99. The van der Waals surface area contributed by atoms with Gasteiger partial charge in [0, 0.05) is 5.56 Å². The Morgan fingerprint density at radius 1 is 1.19 bits per heavy atom. The second-order valence-electron chi connectivity index (χ2n) is 5.64. The summed E-state index contributed by atoms with van der Waals surface area (Å²) in [5.74, 6) is -0.311. The average molecular weight is 358 g/mol. The summed E-state index contributed by atoms with van der Waals surface area (Å²) in [5, 5.41) is 28.2. The van der Waals surface area contributed by atoms with Gasteiger partial charge in [-0.15, -0.1) is 0 Å². The predicted octanol–water partition coefficient (Wildman–Crippen LogP) is 2.37. The lowest BCUT2D eigenvalue weighted by atomic mass is 10.0. The van der Waals surface area contributed by atoms with Gasteiger partial charge in [-0.25, -0.2) is 4.79 Å². The molecule has 0 spiro atoms. The normalized spacial score (nSPS) is 18.7. The number of hydrogen-bond donors (Lipinski definition) is 3. The Hall–Kier alpha value is -3.19. The maximum atomic E-state index is 11.7. The van der Waals surface area contributed by atoms with Crippen LogP contribution in [0, 0.1) is 0 Å². The number of benzene rings is 2. The van der Waals surface area contributed by atoms with Crippen molar-refractivity contribution in [3.8, 4) is 23.0 Å². The van der Waals surface area contributed by atoms with Gasteiger partial charge in [-0.3, -0.25) is 0 Å². The fourth-order valence-corrected chi connectivity index (χ4v) is 2.70. The molecule has 3 N–H and O–H groups in total. The minimum Gasteiger partial charge on any atom is -0.504 e. The van der Waals surface area contributed by atoms with Gasteiger partial charge >= 0.3 is 5.97 Å². The van der Waals surface area contributed by atoms with Gasteiger partial charge in [-0.05, 0) is 29.8 Å². The Morgan fingerprint density at radius 3 is 2.69 bits per heavy atom. The van der Waals surface area contributed by atoms with Gasteiger partial charge in [0.25, 0.3) is 0 Å². The van der Waals surface area contributed by atoms with Crippen LogP contribution in [-0.2, 0) is 4.79 Å². The molecule has 1 aliphatic rings. The zero-order valence-corrected chi connectivity index (χ0v) is 14.0. The van der Waals surface area contributed by atoms with Crippen LogP contribution in [0.2, 0.25) is 0 Å². The van der Waals surface area contributed by atoms with E-state index in [-0.39, 0.29) is 18.1 Å². The number of carbonyl (C=O) groups is 1. The van der Waals surface area contributed by atoms with Crippen molar-refractivity contribution < 1.29 is 34.3 Å². The molecule has 0 fully saturated rings.